The molecule has 6 nitrogen and oxygen atoms in total. The number of nitrogens with zero attached hydrogens (tertiary/aromatic N) is 1. The molecule has 9 heteroatoms. The third-order valence-corrected chi connectivity index (χ3v) is 9.77. The summed E-state index contributed by atoms with van der Waals surface area (Å²) in [6.45, 7) is 7.08. The number of aromatic nitrogens is 3. The highest BCUT2D eigenvalue weighted by molar-refractivity contribution is 7.79. The van der Waals surface area contributed by atoms with Gasteiger partial charge in [0.1, 0.15) is 19.2 Å². The number of nitrogens with one attached hydrogen (secondary N) is 2. The molecule has 2 heterocycles. The molecule has 0 aliphatic carbocycles. The Morgan fingerprint density at radius 1 is 1.11 bits per heavy atom. The molecule has 28 heavy (non-hydrogen) atoms. The van der Waals surface area contributed by atoms with Crippen LogP contribution in [-0.4, -0.2) is 47.2 Å². The number of hydrogen-bond acceptors (Lipinski definition) is 5. The molecule has 2 N–H and O–H groups in total. The molecule has 2 aromatic heterocycles. The summed E-state index contributed by atoms with van der Waals surface area (Å²) in [6, 6.07) is 9.65. The fourth-order valence-corrected chi connectivity index (χ4v) is 9.44. The molecule has 0 saturated carbocycles. The predicted molar refractivity (Wildman–Crippen MR) is 120 cm³/mol. The molecule has 0 spiro atoms. The van der Waals surface area contributed by atoms with E-state index in [0.29, 0.717) is 4.77 Å². The van der Waals surface area contributed by atoms with Gasteiger partial charge in [-0.25, -0.2) is 0 Å². The van der Waals surface area contributed by atoms with Crippen molar-refractivity contribution in [3.8, 4) is 5.75 Å². The predicted octanol–water partition coefficient (Wildman–Crippen LogP) is 5.78. The van der Waals surface area contributed by atoms with E-state index < -0.39 is 14.3 Å². The van der Waals surface area contributed by atoms with Crippen LogP contribution in [0, 0.1) is 4.77 Å². The first-order valence-corrected chi connectivity index (χ1v) is 14.6. The molecule has 0 bridgehead atoms. The van der Waals surface area contributed by atoms with Gasteiger partial charge in [-0.3, -0.25) is 4.98 Å². The van der Waals surface area contributed by atoms with Gasteiger partial charge in [-0.15, -0.1) is 0 Å². The second kappa shape index (κ2) is 9.69. The van der Waals surface area contributed by atoms with E-state index in [-0.39, 0.29) is 12.3 Å². The van der Waals surface area contributed by atoms with E-state index >= 15 is 0 Å². The molecule has 0 amide bonds. The van der Waals surface area contributed by atoms with Crippen LogP contribution >= 0.6 is 26.5 Å². The van der Waals surface area contributed by atoms with E-state index in [0.717, 1.165) is 23.2 Å². The first-order chi connectivity index (χ1) is 13.1. The number of ether oxygens (including phenoxy) is 1. The zero-order valence-corrected chi connectivity index (χ0v) is 19.2. The van der Waals surface area contributed by atoms with Crippen LogP contribution in [0.25, 0.3) is 11.0 Å². The Kier molecular flexibility index (Phi) is 7.82. The van der Waals surface area contributed by atoms with Crippen molar-refractivity contribution in [2.75, 3.05) is 32.2 Å². The highest BCUT2D eigenvalue weighted by atomic mass is 32.1. The van der Waals surface area contributed by atoms with Crippen LogP contribution < -0.4 is 4.74 Å². The van der Waals surface area contributed by atoms with Gasteiger partial charge >= 0.3 is 0 Å². The Balaban J connectivity index is 0.000000233. The molecule has 0 aliphatic heterocycles. The normalized spacial score (nSPS) is 13.4. The van der Waals surface area contributed by atoms with Crippen LogP contribution in [0.5, 0.6) is 5.75 Å². The van der Waals surface area contributed by atoms with Gasteiger partial charge < -0.3 is 23.8 Å². The van der Waals surface area contributed by atoms with Crippen LogP contribution in [0.3, 0.4) is 0 Å². The van der Waals surface area contributed by atoms with Crippen molar-refractivity contribution in [3.05, 3.63) is 53.1 Å². The molecule has 0 radical (unpaired) electrons. The minimum atomic E-state index is -2.49. The summed E-state index contributed by atoms with van der Waals surface area (Å²) in [6.07, 6.45) is 4.56. The average Bonchev–Trinajstić information content (AvgIpc) is 2.99. The SMILES string of the molecule is CCc1cccc(OCP(C)(=O)CP(C)(C)=O)c1.S=c1[nH]c2ccncc2[nH]1. The van der Waals surface area contributed by atoms with E-state index in [1.807, 2.05) is 30.3 Å². The van der Waals surface area contributed by atoms with Crippen molar-refractivity contribution in [3.63, 3.8) is 0 Å². The Bertz CT molecular complexity index is 1040. The van der Waals surface area contributed by atoms with Gasteiger partial charge in [0.2, 0.25) is 0 Å². The Morgan fingerprint density at radius 3 is 2.46 bits per heavy atom. The van der Waals surface area contributed by atoms with Crippen molar-refractivity contribution in [2.45, 2.75) is 13.3 Å². The van der Waals surface area contributed by atoms with E-state index in [9.17, 15) is 9.13 Å². The summed E-state index contributed by atoms with van der Waals surface area (Å²) in [4.78, 5) is 9.86. The smallest absolute Gasteiger partial charge is 0.175 e. The highest BCUT2D eigenvalue weighted by Gasteiger charge is 2.23. The van der Waals surface area contributed by atoms with Crippen LogP contribution in [0.1, 0.15) is 12.5 Å². The molecule has 1 atom stereocenters. The molecule has 3 rings (SSSR count). The third kappa shape index (κ3) is 7.75. The standard InChI is InChI=1S/C13H22O3P2.C6H5N3S/c1-5-12-7-6-8-13(9-12)16-10-18(4,15)11-17(2,3)14;10-6-8-4-1-2-7-3-5(4)9-6/h6-9H,5,10-11H2,1-4H3;1-3H,(H2,8,9,10). The first kappa shape index (κ1) is 22.6. The van der Waals surface area contributed by atoms with Crippen molar-refractivity contribution in [2.24, 2.45) is 0 Å². The number of benzene rings is 1. The number of aryl methyl sites for hydroxylation is 1. The van der Waals surface area contributed by atoms with Crippen LogP contribution in [0.2, 0.25) is 0 Å². The molecule has 3 aromatic rings. The summed E-state index contributed by atoms with van der Waals surface area (Å²) in [5, 5.41) is 0. The molecular weight excluding hydrogens is 412 g/mol. The highest BCUT2D eigenvalue weighted by Crippen LogP contribution is 2.55. The maximum atomic E-state index is 12.3. The van der Waals surface area contributed by atoms with Crippen molar-refractivity contribution < 1.29 is 13.9 Å². The fraction of sp³-hybridized carbons (Fsp3) is 0.368. The molecule has 1 aromatic carbocycles. The van der Waals surface area contributed by atoms with Crippen LogP contribution in [0.4, 0.5) is 0 Å². The van der Waals surface area contributed by atoms with Gasteiger partial charge in [0.05, 0.1) is 30.3 Å². The maximum Gasteiger partial charge on any atom is 0.175 e. The first-order valence-electron chi connectivity index (χ1n) is 8.91. The lowest BCUT2D eigenvalue weighted by atomic mass is 10.2. The van der Waals surface area contributed by atoms with E-state index in [4.69, 9.17) is 17.0 Å². The monoisotopic (exact) mass is 439 g/mol. The van der Waals surface area contributed by atoms with E-state index in [1.165, 1.54) is 5.56 Å². The van der Waals surface area contributed by atoms with E-state index in [2.05, 4.69) is 21.9 Å². The van der Waals surface area contributed by atoms with Gasteiger partial charge in [-0.2, -0.15) is 0 Å². The number of H-pyrrole nitrogens is 2. The third-order valence-electron chi connectivity index (χ3n) is 3.77. The summed E-state index contributed by atoms with van der Waals surface area (Å²) >= 11 is 4.87. The van der Waals surface area contributed by atoms with Gasteiger partial charge in [0.15, 0.2) is 4.77 Å². The summed E-state index contributed by atoms with van der Waals surface area (Å²) in [7, 11) is -4.76. The van der Waals surface area contributed by atoms with Crippen molar-refractivity contribution in [1.82, 2.24) is 15.0 Å². The quantitative estimate of drug-likeness (QED) is 0.376. The van der Waals surface area contributed by atoms with Crippen molar-refractivity contribution in [1.29, 1.82) is 0 Å². The Morgan fingerprint density at radius 2 is 1.82 bits per heavy atom. The molecule has 0 fully saturated rings. The fourth-order valence-electron chi connectivity index (χ4n) is 2.71. The zero-order chi connectivity index (χ0) is 20.8. The summed E-state index contributed by atoms with van der Waals surface area (Å²) in [5.74, 6) is 1.01. The maximum absolute atomic E-state index is 12.3. The molecule has 0 aliphatic rings. The van der Waals surface area contributed by atoms with Crippen molar-refractivity contribution >= 4 is 37.5 Å². The lowest BCUT2D eigenvalue weighted by Gasteiger charge is -2.16. The number of hydrogen-bond donors (Lipinski definition) is 2. The second-order valence-corrected chi connectivity index (χ2v) is 14.8. The second-order valence-electron chi connectivity index (χ2n) is 7.29. The van der Waals surface area contributed by atoms with Crippen LogP contribution in [0.15, 0.2) is 42.7 Å². The minimum absolute atomic E-state index is 0.159. The molecule has 152 valence electrons. The Labute approximate surface area is 170 Å². The lowest BCUT2D eigenvalue weighted by molar-refractivity contribution is 0.377. The number of rotatable bonds is 6. The number of imidazole rings is 1. The minimum Gasteiger partial charge on any atom is -0.486 e. The Hall–Kier alpha value is -1.68. The number of pyridine rings is 1. The topological polar surface area (TPSA) is 87.8 Å². The number of aromatic amines is 2. The molecule has 1 unspecified atom stereocenters. The van der Waals surface area contributed by atoms with Gasteiger partial charge in [0, 0.05) is 6.20 Å². The average molecular weight is 439 g/mol. The van der Waals surface area contributed by atoms with Gasteiger partial charge in [-0.05, 0) is 62.4 Å². The summed E-state index contributed by atoms with van der Waals surface area (Å²) in [5.41, 5.74) is 3.14. The lowest BCUT2D eigenvalue weighted by Crippen LogP contribution is -2.02. The largest absolute Gasteiger partial charge is 0.486 e. The zero-order valence-electron chi connectivity index (χ0n) is 16.6. The number of fused-ring (bicyclic) bond motifs is 1. The van der Waals surface area contributed by atoms with E-state index in [1.54, 1.807) is 32.4 Å². The van der Waals surface area contributed by atoms with Gasteiger partial charge in [-0.1, -0.05) is 19.1 Å². The molecular formula is C19H27N3O3P2S. The molecule has 0 saturated heterocycles. The van der Waals surface area contributed by atoms with Crippen LogP contribution in [-0.2, 0) is 15.6 Å². The van der Waals surface area contributed by atoms with Gasteiger partial charge in [0.25, 0.3) is 0 Å². The summed E-state index contributed by atoms with van der Waals surface area (Å²) < 4.78 is 30.2.